The van der Waals surface area contributed by atoms with Gasteiger partial charge in [-0.1, -0.05) is 16.5 Å². The molecule has 2 aromatic heterocycles. The van der Waals surface area contributed by atoms with Gasteiger partial charge in [-0.15, -0.1) is 10.2 Å². The van der Waals surface area contributed by atoms with Crippen LogP contribution in [0, 0.1) is 13.8 Å². The second-order valence-corrected chi connectivity index (χ2v) is 5.68. The topological polar surface area (TPSA) is 88.3 Å². The first kappa shape index (κ1) is 13.0. The number of carbonyl (C=O) groups is 1. The zero-order chi connectivity index (χ0) is 14.1. The standard InChI is InChI=1S/C11H14N6O2S/c1-7-12-9(15-19-7)10(18)16-3-5-17(6-4-16)11-14-13-8(2)20-11/h3-6H2,1-2H3. The Bertz CT molecular complexity index is 616. The molecule has 0 spiro atoms. The Balaban J connectivity index is 1.62. The number of amides is 1. The Kier molecular flexibility index (Phi) is 3.35. The van der Waals surface area contributed by atoms with Gasteiger partial charge in [-0.05, 0) is 6.92 Å². The van der Waals surface area contributed by atoms with E-state index in [4.69, 9.17) is 4.52 Å². The van der Waals surface area contributed by atoms with Crippen molar-refractivity contribution < 1.29 is 9.32 Å². The van der Waals surface area contributed by atoms with Crippen molar-refractivity contribution in [2.45, 2.75) is 13.8 Å². The molecule has 0 radical (unpaired) electrons. The molecule has 1 fully saturated rings. The van der Waals surface area contributed by atoms with Crippen molar-refractivity contribution in [1.82, 2.24) is 25.2 Å². The lowest BCUT2D eigenvalue weighted by Crippen LogP contribution is -2.49. The molecule has 1 aliphatic heterocycles. The molecule has 0 atom stereocenters. The van der Waals surface area contributed by atoms with Crippen molar-refractivity contribution in [3.8, 4) is 0 Å². The van der Waals surface area contributed by atoms with E-state index in [1.54, 1.807) is 23.2 Å². The fraction of sp³-hybridized carbons (Fsp3) is 0.545. The summed E-state index contributed by atoms with van der Waals surface area (Å²) in [5.74, 6) is 0.342. The number of hydrogen-bond acceptors (Lipinski definition) is 8. The van der Waals surface area contributed by atoms with Crippen LogP contribution in [0.2, 0.25) is 0 Å². The highest BCUT2D eigenvalue weighted by molar-refractivity contribution is 7.15. The van der Waals surface area contributed by atoms with Crippen LogP contribution in [0.3, 0.4) is 0 Å². The molecule has 8 nitrogen and oxygen atoms in total. The Morgan fingerprint density at radius 3 is 2.50 bits per heavy atom. The Hall–Kier alpha value is -2.03. The minimum Gasteiger partial charge on any atom is -0.343 e. The summed E-state index contributed by atoms with van der Waals surface area (Å²) in [5.41, 5.74) is 0. The maximum atomic E-state index is 12.2. The molecule has 0 saturated carbocycles. The molecule has 0 bridgehead atoms. The summed E-state index contributed by atoms with van der Waals surface area (Å²) < 4.78 is 4.83. The van der Waals surface area contributed by atoms with Crippen molar-refractivity contribution in [3.05, 3.63) is 16.7 Å². The van der Waals surface area contributed by atoms with E-state index < -0.39 is 0 Å². The van der Waals surface area contributed by atoms with Gasteiger partial charge in [0.15, 0.2) is 0 Å². The SMILES string of the molecule is Cc1nc(C(=O)N2CCN(c3nnc(C)s3)CC2)no1. The molecule has 0 unspecified atom stereocenters. The smallest absolute Gasteiger partial charge is 0.295 e. The van der Waals surface area contributed by atoms with Crippen LogP contribution in [0.25, 0.3) is 0 Å². The van der Waals surface area contributed by atoms with Crippen molar-refractivity contribution in [1.29, 1.82) is 0 Å². The first-order chi connectivity index (χ1) is 9.63. The molecule has 1 saturated heterocycles. The van der Waals surface area contributed by atoms with E-state index in [1.165, 1.54) is 0 Å². The second kappa shape index (κ2) is 5.16. The summed E-state index contributed by atoms with van der Waals surface area (Å²) in [5, 5.41) is 13.6. The van der Waals surface area contributed by atoms with E-state index in [0.29, 0.717) is 19.0 Å². The highest BCUT2D eigenvalue weighted by Crippen LogP contribution is 2.21. The fourth-order valence-electron chi connectivity index (χ4n) is 2.04. The molecule has 1 amide bonds. The third-order valence-electron chi connectivity index (χ3n) is 3.07. The maximum absolute atomic E-state index is 12.2. The minimum atomic E-state index is -0.185. The van der Waals surface area contributed by atoms with Gasteiger partial charge in [0.1, 0.15) is 5.01 Å². The van der Waals surface area contributed by atoms with Crippen LogP contribution in [0.4, 0.5) is 5.13 Å². The van der Waals surface area contributed by atoms with Crippen LogP contribution < -0.4 is 4.90 Å². The first-order valence-corrected chi connectivity index (χ1v) is 7.10. The third kappa shape index (κ3) is 2.48. The van der Waals surface area contributed by atoms with Gasteiger partial charge in [0.2, 0.25) is 11.0 Å². The predicted molar refractivity (Wildman–Crippen MR) is 71.8 cm³/mol. The molecular weight excluding hydrogens is 280 g/mol. The monoisotopic (exact) mass is 294 g/mol. The Morgan fingerprint density at radius 1 is 1.20 bits per heavy atom. The summed E-state index contributed by atoms with van der Waals surface area (Å²) in [6, 6.07) is 0. The molecular formula is C11H14N6O2S. The maximum Gasteiger partial charge on any atom is 0.295 e. The summed E-state index contributed by atoms with van der Waals surface area (Å²) in [7, 11) is 0. The van der Waals surface area contributed by atoms with Crippen LogP contribution in [0.1, 0.15) is 21.5 Å². The number of aryl methyl sites for hydroxylation is 2. The average Bonchev–Trinajstić information content (AvgIpc) is 3.07. The molecule has 3 heterocycles. The van der Waals surface area contributed by atoms with Crippen molar-refractivity contribution in [2.24, 2.45) is 0 Å². The molecule has 9 heteroatoms. The third-order valence-corrected chi connectivity index (χ3v) is 3.97. The van der Waals surface area contributed by atoms with Crippen LogP contribution in [0.15, 0.2) is 4.52 Å². The number of nitrogens with zero attached hydrogens (tertiary/aromatic N) is 6. The molecule has 106 valence electrons. The Morgan fingerprint density at radius 2 is 1.95 bits per heavy atom. The van der Waals surface area contributed by atoms with Crippen molar-refractivity contribution in [3.63, 3.8) is 0 Å². The minimum absolute atomic E-state index is 0.128. The highest BCUT2D eigenvalue weighted by Gasteiger charge is 2.26. The number of rotatable bonds is 2. The summed E-state index contributed by atoms with van der Waals surface area (Å²) in [4.78, 5) is 20.0. The van der Waals surface area contributed by atoms with Gasteiger partial charge >= 0.3 is 0 Å². The highest BCUT2D eigenvalue weighted by atomic mass is 32.1. The number of piperazine rings is 1. The van der Waals surface area contributed by atoms with Gasteiger partial charge in [-0.2, -0.15) is 4.98 Å². The van der Waals surface area contributed by atoms with E-state index in [0.717, 1.165) is 23.2 Å². The zero-order valence-electron chi connectivity index (χ0n) is 11.2. The first-order valence-electron chi connectivity index (χ1n) is 6.28. The van der Waals surface area contributed by atoms with E-state index in [1.807, 2.05) is 6.92 Å². The van der Waals surface area contributed by atoms with Gasteiger partial charge in [0, 0.05) is 33.1 Å². The van der Waals surface area contributed by atoms with Crippen molar-refractivity contribution >= 4 is 22.4 Å². The van der Waals surface area contributed by atoms with Crippen LogP contribution in [0.5, 0.6) is 0 Å². The Labute approximate surface area is 119 Å². The van der Waals surface area contributed by atoms with Crippen LogP contribution in [-0.4, -0.2) is 57.3 Å². The quantitative estimate of drug-likeness (QED) is 0.796. The molecule has 0 N–H and O–H groups in total. The number of hydrogen-bond donors (Lipinski definition) is 0. The normalized spacial score (nSPS) is 15.7. The van der Waals surface area contributed by atoms with E-state index in [2.05, 4.69) is 25.2 Å². The largest absolute Gasteiger partial charge is 0.343 e. The number of aromatic nitrogens is 4. The fourth-order valence-corrected chi connectivity index (χ4v) is 2.78. The molecule has 20 heavy (non-hydrogen) atoms. The van der Waals surface area contributed by atoms with Gasteiger partial charge in [-0.3, -0.25) is 4.79 Å². The van der Waals surface area contributed by atoms with Crippen LogP contribution >= 0.6 is 11.3 Å². The molecule has 3 rings (SSSR count). The van der Waals surface area contributed by atoms with Gasteiger partial charge < -0.3 is 14.3 Å². The lowest BCUT2D eigenvalue weighted by molar-refractivity contribution is 0.0731. The summed E-state index contributed by atoms with van der Waals surface area (Å²) >= 11 is 1.56. The predicted octanol–water partition coefficient (Wildman–Crippen LogP) is 0.500. The van der Waals surface area contributed by atoms with Gasteiger partial charge in [0.05, 0.1) is 0 Å². The van der Waals surface area contributed by atoms with Crippen molar-refractivity contribution in [2.75, 3.05) is 31.1 Å². The van der Waals surface area contributed by atoms with Gasteiger partial charge in [-0.25, -0.2) is 0 Å². The summed E-state index contributed by atoms with van der Waals surface area (Å²) in [6.07, 6.45) is 0. The molecule has 0 aromatic carbocycles. The lowest BCUT2D eigenvalue weighted by atomic mass is 10.3. The molecule has 2 aromatic rings. The molecule has 1 aliphatic rings. The molecule has 0 aliphatic carbocycles. The van der Waals surface area contributed by atoms with Crippen LogP contribution in [-0.2, 0) is 0 Å². The average molecular weight is 294 g/mol. The van der Waals surface area contributed by atoms with E-state index >= 15 is 0 Å². The zero-order valence-corrected chi connectivity index (χ0v) is 12.1. The number of anilines is 1. The van der Waals surface area contributed by atoms with Gasteiger partial charge in [0.25, 0.3) is 11.7 Å². The van der Waals surface area contributed by atoms with E-state index in [-0.39, 0.29) is 11.7 Å². The second-order valence-electron chi connectivity index (χ2n) is 4.52. The van der Waals surface area contributed by atoms with E-state index in [9.17, 15) is 4.79 Å². The lowest BCUT2D eigenvalue weighted by Gasteiger charge is -2.33. The summed E-state index contributed by atoms with van der Waals surface area (Å²) in [6.45, 7) is 6.30. The number of carbonyl (C=O) groups excluding carboxylic acids is 1.